The molecule has 0 saturated carbocycles. The molecule has 31 heavy (non-hydrogen) atoms. The van der Waals surface area contributed by atoms with Gasteiger partial charge >= 0.3 is 5.97 Å². The largest absolute Gasteiger partial charge is 0.455 e. The number of esters is 1. The molecule has 0 aliphatic rings. The van der Waals surface area contributed by atoms with Crippen molar-refractivity contribution in [2.75, 3.05) is 5.32 Å². The Bertz CT molecular complexity index is 1280. The number of carbonyl (C=O) groups is 2. The normalized spacial score (nSPS) is 10.9. The van der Waals surface area contributed by atoms with Gasteiger partial charge in [0.2, 0.25) is 5.91 Å². The van der Waals surface area contributed by atoms with Crippen LogP contribution in [0.1, 0.15) is 32.2 Å². The topological polar surface area (TPSA) is 84.1 Å². The summed E-state index contributed by atoms with van der Waals surface area (Å²) in [6.45, 7) is 3.99. The predicted molar refractivity (Wildman–Crippen MR) is 125 cm³/mol. The Morgan fingerprint density at radius 1 is 1.19 bits per heavy atom. The molecule has 4 aromatic rings. The molecule has 6 nitrogen and oxygen atoms in total. The molecule has 0 saturated heterocycles. The van der Waals surface area contributed by atoms with E-state index in [4.69, 9.17) is 4.74 Å². The fourth-order valence-electron chi connectivity index (χ4n) is 3.18. The van der Waals surface area contributed by atoms with E-state index in [9.17, 15) is 9.59 Å². The van der Waals surface area contributed by atoms with Crippen LogP contribution in [0.15, 0.2) is 52.4 Å². The summed E-state index contributed by atoms with van der Waals surface area (Å²) in [6.07, 6.45) is 1.81. The minimum atomic E-state index is -0.424. The van der Waals surface area contributed by atoms with E-state index in [1.807, 2.05) is 50.2 Å². The third kappa shape index (κ3) is 5.03. The second-order valence-corrected chi connectivity index (χ2v) is 9.10. The average molecular weight is 498 g/mol. The molecular weight excluding hydrogens is 478 g/mol. The van der Waals surface area contributed by atoms with Gasteiger partial charge in [-0.2, -0.15) is 0 Å². The van der Waals surface area contributed by atoms with Crippen molar-refractivity contribution in [3.63, 3.8) is 0 Å². The zero-order valence-electron chi connectivity index (χ0n) is 17.0. The van der Waals surface area contributed by atoms with Crippen molar-refractivity contribution in [3.8, 4) is 0 Å². The molecule has 0 spiro atoms. The van der Waals surface area contributed by atoms with Crippen molar-refractivity contribution >= 4 is 55.7 Å². The fraction of sp³-hybridized carbons (Fsp3) is 0.174. The second kappa shape index (κ2) is 9.03. The highest BCUT2D eigenvalue weighted by Crippen LogP contribution is 2.24. The monoisotopic (exact) mass is 497 g/mol. The Balaban J connectivity index is 1.35. The summed E-state index contributed by atoms with van der Waals surface area (Å²) in [4.78, 5) is 32.4. The number of amides is 1. The lowest BCUT2D eigenvalue weighted by molar-refractivity contribution is -0.115. The highest BCUT2D eigenvalue weighted by molar-refractivity contribution is 9.10. The third-order valence-corrected chi connectivity index (χ3v) is 6.18. The Morgan fingerprint density at radius 2 is 2.03 bits per heavy atom. The molecule has 0 aliphatic heterocycles. The van der Waals surface area contributed by atoms with Crippen LogP contribution in [0.2, 0.25) is 0 Å². The van der Waals surface area contributed by atoms with Gasteiger partial charge in [0, 0.05) is 32.6 Å². The van der Waals surface area contributed by atoms with E-state index in [1.165, 1.54) is 11.3 Å². The predicted octanol–water partition coefficient (Wildman–Crippen LogP) is 5.54. The van der Waals surface area contributed by atoms with Crippen molar-refractivity contribution in [1.82, 2.24) is 9.97 Å². The zero-order valence-corrected chi connectivity index (χ0v) is 19.4. The third-order valence-electron chi connectivity index (χ3n) is 4.79. The summed E-state index contributed by atoms with van der Waals surface area (Å²) in [5, 5.41) is 6.20. The number of hydrogen-bond acceptors (Lipinski definition) is 5. The van der Waals surface area contributed by atoms with E-state index < -0.39 is 5.97 Å². The number of halogens is 1. The second-order valence-electron chi connectivity index (χ2n) is 7.24. The van der Waals surface area contributed by atoms with E-state index in [2.05, 4.69) is 31.2 Å². The number of benzene rings is 2. The van der Waals surface area contributed by atoms with Gasteiger partial charge in [0.1, 0.15) is 11.6 Å². The number of rotatable bonds is 6. The number of H-pyrrole nitrogens is 1. The van der Waals surface area contributed by atoms with Gasteiger partial charge in [-0.1, -0.05) is 28.1 Å². The summed E-state index contributed by atoms with van der Waals surface area (Å²) < 4.78 is 6.32. The lowest BCUT2D eigenvalue weighted by Crippen LogP contribution is -2.15. The summed E-state index contributed by atoms with van der Waals surface area (Å²) >= 11 is 4.79. The highest BCUT2D eigenvalue weighted by atomic mass is 79.9. The number of carbonyl (C=O) groups excluding carboxylic acids is 2. The zero-order chi connectivity index (χ0) is 22.0. The standard InChI is InChI=1S/C23H20BrN3O3S/c1-13-3-4-14(2)20(7-13)27-21(28)9-22-26-16(12-31-22)11-30-23(29)18-10-25-19-6-5-15(24)8-17(18)19/h3-8,10,12,25H,9,11H2,1-2H3,(H,27,28). The van der Waals surface area contributed by atoms with Crippen molar-refractivity contribution in [2.24, 2.45) is 0 Å². The Kier molecular flexibility index (Phi) is 6.20. The molecule has 158 valence electrons. The molecule has 8 heteroatoms. The maximum absolute atomic E-state index is 12.5. The van der Waals surface area contributed by atoms with Crippen LogP contribution in [-0.2, 0) is 22.6 Å². The van der Waals surface area contributed by atoms with Gasteiger partial charge in [-0.15, -0.1) is 11.3 Å². The molecule has 2 aromatic carbocycles. The van der Waals surface area contributed by atoms with Gasteiger partial charge in [0.15, 0.2) is 0 Å². The highest BCUT2D eigenvalue weighted by Gasteiger charge is 2.15. The Hall–Kier alpha value is -2.97. The number of hydrogen-bond donors (Lipinski definition) is 2. The average Bonchev–Trinajstić information content (AvgIpc) is 3.35. The van der Waals surface area contributed by atoms with E-state index in [-0.39, 0.29) is 18.9 Å². The van der Waals surface area contributed by atoms with E-state index in [1.54, 1.807) is 11.6 Å². The van der Waals surface area contributed by atoms with E-state index in [0.717, 1.165) is 32.2 Å². The summed E-state index contributed by atoms with van der Waals surface area (Å²) in [6, 6.07) is 11.6. The number of thiazole rings is 1. The Morgan fingerprint density at radius 3 is 2.87 bits per heavy atom. The van der Waals surface area contributed by atoms with Crippen LogP contribution in [0.4, 0.5) is 5.69 Å². The molecule has 0 aliphatic carbocycles. The minimum absolute atomic E-state index is 0.0502. The Labute approximate surface area is 191 Å². The van der Waals surface area contributed by atoms with Crippen molar-refractivity contribution < 1.29 is 14.3 Å². The molecule has 2 aromatic heterocycles. The van der Waals surface area contributed by atoms with Gasteiger partial charge in [-0.3, -0.25) is 4.79 Å². The number of fused-ring (bicyclic) bond motifs is 1. The molecule has 0 bridgehead atoms. The minimum Gasteiger partial charge on any atom is -0.455 e. The number of aromatic nitrogens is 2. The fourth-order valence-corrected chi connectivity index (χ4v) is 4.32. The van der Waals surface area contributed by atoms with Crippen LogP contribution < -0.4 is 5.32 Å². The molecule has 0 unspecified atom stereocenters. The first kappa shape index (κ1) is 21.3. The SMILES string of the molecule is Cc1ccc(C)c(NC(=O)Cc2nc(COC(=O)c3c[nH]c4ccc(Br)cc34)cs2)c1. The van der Waals surface area contributed by atoms with Crippen LogP contribution in [0.3, 0.4) is 0 Å². The van der Waals surface area contributed by atoms with Crippen molar-refractivity contribution in [2.45, 2.75) is 26.9 Å². The summed E-state index contributed by atoms with van der Waals surface area (Å²) in [5.74, 6) is -0.553. The van der Waals surface area contributed by atoms with Crippen LogP contribution in [-0.4, -0.2) is 21.8 Å². The summed E-state index contributed by atoms with van der Waals surface area (Å²) in [7, 11) is 0. The molecule has 2 heterocycles. The maximum atomic E-state index is 12.5. The number of nitrogens with one attached hydrogen (secondary N) is 2. The number of anilines is 1. The first-order valence-corrected chi connectivity index (χ1v) is 11.3. The van der Waals surface area contributed by atoms with Gasteiger partial charge in [0.25, 0.3) is 0 Å². The van der Waals surface area contributed by atoms with Crippen molar-refractivity contribution in [1.29, 1.82) is 0 Å². The molecule has 0 radical (unpaired) electrons. The lowest BCUT2D eigenvalue weighted by Gasteiger charge is -2.08. The van der Waals surface area contributed by atoms with Crippen LogP contribution in [0.5, 0.6) is 0 Å². The molecule has 1 amide bonds. The lowest BCUT2D eigenvalue weighted by atomic mass is 10.1. The molecule has 0 fully saturated rings. The molecule has 2 N–H and O–H groups in total. The van der Waals surface area contributed by atoms with E-state index in [0.29, 0.717) is 16.3 Å². The van der Waals surface area contributed by atoms with Crippen LogP contribution >= 0.6 is 27.3 Å². The van der Waals surface area contributed by atoms with Gasteiger partial charge in [-0.05, 0) is 49.2 Å². The van der Waals surface area contributed by atoms with Gasteiger partial charge in [-0.25, -0.2) is 9.78 Å². The van der Waals surface area contributed by atoms with Crippen LogP contribution in [0.25, 0.3) is 10.9 Å². The number of nitrogens with zero attached hydrogens (tertiary/aromatic N) is 1. The smallest absolute Gasteiger partial charge is 0.340 e. The van der Waals surface area contributed by atoms with Gasteiger partial charge < -0.3 is 15.0 Å². The first-order valence-electron chi connectivity index (χ1n) is 9.63. The number of ether oxygens (including phenoxy) is 1. The van der Waals surface area contributed by atoms with Gasteiger partial charge in [0.05, 0.1) is 17.7 Å². The first-order chi connectivity index (χ1) is 14.9. The molecular formula is C23H20BrN3O3S. The maximum Gasteiger partial charge on any atom is 0.340 e. The quantitative estimate of drug-likeness (QED) is 0.342. The number of aromatic amines is 1. The molecule has 0 atom stereocenters. The molecule has 4 rings (SSSR count). The van der Waals surface area contributed by atoms with Crippen LogP contribution in [0, 0.1) is 13.8 Å². The number of aryl methyl sites for hydroxylation is 2. The van der Waals surface area contributed by atoms with Crippen molar-refractivity contribution in [3.05, 3.63) is 79.8 Å². The summed E-state index contributed by atoms with van der Waals surface area (Å²) in [5.41, 5.74) is 4.85. The van der Waals surface area contributed by atoms with E-state index >= 15 is 0 Å².